The van der Waals surface area contributed by atoms with Gasteiger partial charge in [-0.1, -0.05) is 32.8 Å². The van der Waals surface area contributed by atoms with Gasteiger partial charge in [-0.2, -0.15) is 0 Å². The number of benzene rings is 1. The molecule has 1 aromatic heterocycles. The van der Waals surface area contributed by atoms with Crippen molar-refractivity contribution in [1.29, 1.82) is 0 Å². The van der Waals surface area contributed by atoms with Gasteiger partial charge in [0.25, 0.3) is 0 Å². The first-order valence-electron chi connectivity index (χ1n) is 7.94. The fourth-order valence-electron chi connectivity index (χ4n) is 3.75. The topological polar surface area (TPSA) is 47.2 Å². The van der Waals surface area contributed by atoms with Crippen LogP contribution in [0.1, 0.15) is 44.7 Å². The van der Waals surface area contributed by atoms with Crippen molar-refractivity contribution in [3.63, 3.8) is 0 Å². The summed E-state index contributed by atoms with van der Waals surface area (Å²) in [5.74, 6) is 1.11. The van der Waals surface area contributed by atoms with Crippen molar-refractivity contribution < 1.29 is 4.42 Å². The Hall–Kier alpha value is -1.55. The molecule has 0 saturated heterocycles. The van der Waals surface area contributed by atoms with Gasteiger partial charge >= 0.3 is 5.76 Å². The average molecular weight is 288 g/mol. The van der Waals surface area contributed by atoms with E-state index in [1.165, 1.54) is 24.8 Å². The first-order valence-corrected chi connectivity index (χ1v) is 7.94. The molecule has 1 heterocycles. The third-order valence-corrected chi connectivity index (χ3v) is 4.96. The predicted molar refractivity (Wildman–Crippen MR) is 84.4 cm³/mol. The van der Waals surface area contributed by atoms with E-state index in [9.17, 15) is 4.79 Å². The molecule has 1 saturated carbocycles. The molecule has 0 spiro atoms. The molecule has 1 aliphatic carbocycles. The van der Waals surface area contributed by atoms with Crippen LogP contribution < -0.4 is 11.1 Å². The van der Waals surface area contributed by atoms with Crippen molar-refractivity contribution in [2.75, 3.05) is 6.54 Å². The Morgan fingerprint density at radius 1 is 1.43 bits per heavy atom. The summed E-state index contributed by atoms with van der Waals surface area (Å²) in [7, 11) is 1.74. The summed E-state index contributed by atoms with van der Waals surface area (Å²) >= 11 is 0. The first-order chi connectivity index (χ1) is 10.1. The molecule has 3 unspecified atom stereocenters. The Balaban J connectivity index is 2.00. The van der Waals surface area contributed by atoms with E-state index in [1.54, 1.807) is 11.6 Å². The Kier molecular flexibility index (Phi) is 3.89. The molecule has 0 aliphatic heterocycles. The van der Waals surface area contributed by atoms with Crippen molar-refractivity contribution in [2.45, 2.75) is 39.2 Å². The fraction of sp³-hybridized carbons (Fsp3) is 0.588. The van der Waals surface area contributed by atoms with Gasteiger partial charge in [-0.25, -0.2) is 4.79 Å². The van der Waals surface area contributed by atoms with Gasteiger partial charge in [0, 0.05) is 13.1 Å². The molecule has 4 heteroatoms. The molecule has 0 radical (unpaired) electrons. The lowest BCUT2D eigenvalue weighted by atomic mass is 9.86. The van der Waals surface area contributed by atoms with Crippen molar-refractivity contribution in [3.8, 4) is 0 Å². The zero-order chi connectivity index (χ0) is 15.0. The van der Waals surface area contributed by atoms with Crippen LogP contribution in [0.15, 0.2) is 27.4 Å². The number of nitrogens with zero attached hydrogens (tertiary/aromatic N) is 1. The molecule has 1 aromatic carbocycles. The van der Waals surface area contributed by atoms with Gasteiger partial charge in [0.05, 0.1) is 5.52 Å². The van der Waals surface area contributed by atoms with Gasteiger partial charge < -0.3 is 9.73 Å². The number of aromatic nitrogens is 1. The summed E-state index contributed by atoms with van der Waals surface area (Å²) < 4.78 is 6.89. The van der Waals surface area contributed by atoms with E-state index < -0.39 is 0 Å². The molecule has 3 rings (SSSR count). The quantitative estimate of drug-likeness (QED) is 0.939. The van der Waals surface area contributed by atoms with Crippen LogP contribution in [-0.4, -0.2) is 11.1 Å². The third kappa shape index (κ3) is 2.53. The van der Waals surface area contributed by atoms with Crippen molar-refractivity contribution in [1.82, 2.24) is 9.88 Å². The zero-order valence-electron chi connectivity index (χ0n) is 13.1. The van der Waals surface area contributed by atoms with Gasteiger partial charge in [-0.3, -0.25) is 4.57 Å². The molecule has 1 aliphatic rings. The maximum absolute atomic E-state index is 11.6. The van der Waals surface area contributed by atoms with Gasteiger partial charge in [0.2, 0.25) is 0 Å². The van der Waals surface area contributed by atoms with Crippen molar-refractivity contribution in [3.05, 3.63) is 34.3 Å². The summed E-state index contributed by atoms with van der Waals surface area (Å²) in [6.07, 6.45) is 3.90. The van der Waals surface area contributed by atoms with Crippen molar-refractivity contribution >= 4 is 11.1 Å². The smallest absolute Gasteiger partial charge is 0.408 e. The van der Waals surface area contributed by atoms with E-state index in [2.05, 4.69) is 25.2 Å². The van der Waals surface area contributed by atoms with Crippen LogP contribution in [0.25, 0.3) is 11.1 Å². The fourth-order valence-corrected chi connectivity index (χ4v) is 3.75. The predicted octanol–water partition coefficient (Wildman–Crippen LogP) is 3.22. The van der Waals surface area contributed by atoms with E-state index in [0.717, 1.165) is 18.0 Å². The molecule has 1 N–H and O–H groups in total. The Labute approximate surface area is 125 Å². The highest BCUT2D eigenvalue weighted by atomic mass is 16.4. The minimum absolute atomic E-state index is 0.295. The second-order valence-corrected chi connectivity index (χ2v) is 6.26. The highest BCUT2D eigenvalue weighted by Crippen LogP contribution is 2.40. The summed E-state index contributed by atoms with van der Waals surface area (Å²) in [5, 5.41) is 3.63. The number of hydrogen-bond acceptors (Lipinski definition) is 3. The Morgan fingerprint density at radius 3 is 2.90 bits per heavy atom. The lowest BCUT2D eigenvalue weighted by Gasteiger charge is -2.28. The summed E-state index contributed by atoms with van der Waals surface area (Å²) in [6.45, 7) is 5.45. The average Bonchev–Trinajstić information content (AvgIpc) is 3.01. The van der Waals surface area contributed by atoms with Gasteiger partial charge in [0.1, 0.15) is 0 Å². The second-order valence-electron chi connectivity index (χ2n) is 6.26. The maximum Gasteiger partial charge on any atom is 0.419 e. The maximum atomic E-state index is 11.6. The largest absolute Gasteiger partial charge is 0.419 e. The van der Waals surface area contributed by atoms with Crippen LogP contribution >= 0.6 is 0 Å². The summed E-state index contributed by atoms with van der Waals surface area (Å²) in [6, 6.07) is 6.52. The van der Waals surface area contributed by atoms with Crippen LogP contribution in [0, 0.1) is 11.8 Å². The SMILES string of the molecule is CCNC(c1ccc2c(c1)oc(=O)n2C)C1CCCC1C. The Bertz CT molecular complexity index is 686. The van der Waals surface area contributed by atoms with Crippen LogP contribution in [0.2, 0.25) is 0 Å². The molecule has 4 nitrogen and oxygen atoms in total. The van der Waals surface area contributed by atoms with E-state index in [1.807, 2.05) is 12.1 Å². The highest BCUT2D eigenvalue weighted by molar-refractivity contribution is 5.73. The van der Waals surface area contributed by atoms with E-state index >= 15 is 0 Å². The second kappa shape index (κ2) is 5.68. The van der Waals surface area contributed by atoms with E-state index in [-0.39, 0.29) is 5.76 Å². The molecule has 2 aromatic rings. The van der Waals surface area contributed by atoms with Crippen molar-refractivity contribution in [2.24, 2.45) is 18.9 Å². The van der Waals surface area contributed by atoms with Gasteiger partial charge in [0.15, 0.2) is 5.58 Å². The molecular weight excluding hydrogens is 264 g/mol. The minimum Gasteiger partial charge on any atom is -0.408 e. The highest BCUT2D eigenvalue weighted by Gasteiger charge is 2.31. The van der Waals surface area contributed by atoms with E-state index in [0.29, 0.717) is 17.5 Å². The standard InChI is InChI=1S/C17H24N2O2/c1-4-18-16(13-7-5-6-11(13)2)12-8-9-14-15(10-12)21-17(20)19(14)3/h8-11,13,16,18H,4-7H2,1-3H3. The Morgan fingerprint density at radius 2 is 2.24 bits per heavy atom. The number of aryl methyl sites for hydroxylation is 1. The van der Waals surface area contributed by atoms with Gasteiger partial charge in [-0.15, -0.1) is 0 Å². The number of nitrogens with one attached hydrogen (secondary N) is 1. The lowest BCUT2D eigenvalue weighted by molar-refractivity contribution is 0.305. The monoisotopic (exact) mass is 288 g/mol. The molecule has 0 bridgehead atoms. The number of hydrogen-bond donors (Lipinski definition) is 1. The molecule has 21 heavy (non-hydrogen) atoms. The lowest BCUT2D eigenvalue weighted by Crippen LogP contribution is -2.29. The molecule has 1 fully saturated rings. The molecule has 3 atom stereocenters. The van der Waals surface area contributed by atoms with Crippen LogP contribution in [0.5, 0.6) is 0 Å². The van der Waals surface area contributed by atoms with Crippen LogP contribution in [-0.2, 0) is 7.05 Å². The molecule has 114 valence electrons. The molecule has 0 amide bonds. The normalized spacial score (nSPS) is 23.8. The van der Waals surface area contributed by atoms with Crippen LogP contribution in [0.4, 0.5) is 0 Å². The zero-order valence-corrected chi connectivity index (χ0v) is 13.1. The number of rotatable bonds is 4. The van der Waals surface area contributed by atoms with Gasteiger partial charge in [-0.05, 0) is 42.5 Å². The van der Waals surface area contributed by atoms with Crippen LogP contribution in [0.3, 0.4) is 0 Å². The first kappa shape index (κ1) is 14.4. The molecular formula is C17H24N2O2. The summed E-state index contributed by atoms with van der Waals surface area (Å²) in [5.41, 5.74) is 2.78. The number of oxazole rings is 1. The van der Waals surface area contributed by atoms with E-state index in [4.69, 9.17) is 4.42 Å². The third-order valence-electron chi connectivity index (χ3n) is 4.96. The summed E-state index contributed by atoms with van der Waals surface area (Å²) in [4.78, 5) is 11.6. The number of fused-ring (bicyclic) bond motifs is 1. The minimum atomic E-state index is -0.295.